The summed E-state index contributed by atoms with van der Waals surface area (Å²) in [6.45, 7) is 4.11. The molecule has 6 nitrogen and oxygen atoms in total. The number of hydrogen-bond acceptors (Lipinski definition) is 3. The number of aliphatic imine (C=N–C) groups is 1. The molecule has 1 aliphatic rings. The molecule has 1 saturated heterocycles. The van der Waals surface area contributed by atoms with Crippen molar-refractivity contribution < 1.29 is 9.63 Å². The van der Waals surface area contributed by atoms with Gasteiger partial charge in [0.1, 0.15) is 6.61 Å². The summed E-state index contributed by atoms with van der Waals surface area (Å²) in [5.41, 5.74) is 7.72. The molecule has 1 heterocycles. The van der Waals surface area contributed by atoms with E-state index in [1.165, 1.54) is 0 Å². The second-order valence-corrected chi connectivity index (χ2v) is 3.11. The Bertz CT molecular complexity index is 227. The van der Waals surface area contributed by atoms with Crippen LogP contribution in [0.15, 0.2) is 4.99 Å². The fourth-order valence-electron chi connectivity index (χ4n) is 0.932. The Morgan fingerprint density at radius 3 is 3.00 bits per heavy atom. The van der Waals surface area contributed by atoms with Crippen LogP contribution in [-0.4, -0.2) is 30.6 Å². The van der Waals surface area contributed by atoms with Crippen LogP contribution in [0.3, 0.4) is 0 Å². The molecule has 0 aromatic heterocycles. The summed E-state index contributed by atoms with van der Waals surface area (Å²) in [5, 5.41) is 2.88. The number of nitrogens with zero attached hydrogens (tertiary/aromatic N) is 1. The van der Waals surface area contributed by atoms with Gasteiger partial charge in [0.05, 0.1) is 0 Å². The molecule has 1 rings (SSSR count). The lowest BCUT2D eigenvalue weighted by atomic mass is 10.3. The molecule has 0 aromatic carbocycles. The molecule has 0 spiro atoms. The van der Waals surface area contributed by atoms with Crippen molar-refractivity contribution in [3.63, 3.8) is 0 Å². The lowest BCUT2D eigenvalue weighted by Crippen LogP contribution is -2.38. The highest BCUT2D eigenvalue weighted by atomic mass is 16.7. The maximum Gasteiger partial charge on any atom is 0.270 e. The van der Waals surface area contributed by atoms with Gasteiger partial charge in [-0.1, -0.05) is 0 Å². The third-order valence-corrected chi connectivity index (χ3v) is 1.45. The third kappa shape index (κ3) is 2.90. The van der Waals surface area contributed by atoms with Crippen LogP contribution in [0.1, 0.15) is 13.8 Å². The second kappa shape index (κ2) is 4.08. The van der Waals surface area contributed by atoms with E-state index < -0.39 is 6.04 Å². The average molecular weight is 186 g/mol. The first-order valence-electron chi connectivity index (χ1n) is 4.11. The number of carbonyl (C=O) groups is 1. The van der Waals surface area contributed by atoms with Gasteiger partial charge in [-0.05, 0) is 13.8 Å². The van der Waals surface area contributed by atoms with Crippen LogP contribution in [0.25, 0.3) is 0 Å². The first kappa shape index (κ1) is 9.79. The summed E-state index contributed by atoms with van der Waals surface area (Å²) in [6, 6.07) is -0.319. The Morgan fingerprint density at radius 2 is 2.54 bits per heavy atom. The van der Waals surface area contributed by atoms with Crippen LogP contribution in [0, 0.1) is 0 Å². The lowest BCUT2D eigenvalue weighted by Gasteiger charge is -2.09. The molecule has 13 heavy (non-hydrogen) atoms. The van der Waals surface area contributed by atoms with Crippen molar-refractivity contribution in [3.05, 3.63) is 0 Å². The van der Waals surface area contributed by atoms with Crippen molar-refractivity contribution in [2.75, 3.05) is 6.61 Å². The minimum Gasteiger partial charge on any atom is -0.370 e. The van der Waals surface area contributed by atoms with Gasteiger partial charge >= 0.3 is 0 Å². The van der Waals surface area contributed by atoms with Gasteiger partial charge in [-0.3, -0.25) is 9.63 Å². The molecule has 0 bridgehead atoms. The predicted molar refractivity (Wildman–Crippen MR) is 47.8 cm³/mol. The van der Waals surface area contributed by atoms with E-state index in [1.807, 2.05) is 13.8 Å². The zero-order valence-electron chi connectivity index (χ0n) is 7.70. The lowest BCUT2D eigenvalue weighted by molar-refractivity contribution is -0.124. The molecule has 6 heteroatoms. The number of hydroxylamine groups is 1. The zero-order chi connectivity index (χ0) is 9.84. The predicted octanol–water partition coefficient (Wildman–Crippen LogP) is -1.27. The fourth-order valence-corrected chi connectivity index (χ4v) is 0.932. The van der Waals surface area contributed by atoms with Gasteiger partial charge < -0.3 is 11.1 Å². The SMILES string of the molecule is CC(C)NC(N)=NC1CONC1=O. The van der Waals surface area contributed by atoms with Gasteiger partial charge in [-0.2, -0.15) is 0 Å². The standard InChI is InChI=1S/C7H14N4O2/c1-4(2)9-7(8)10-5-3-13-11-6(5)12/h4-5H,3H2,1-2H3,(H,11,12)(H3,8,9,10). The highest BCUT2D eigenvalue weighted by Crippen LogP contribution is 1.98. The first-order chi connectivity index (χ1) is 6.09. The molecule has 1 fully saturated rings. The zero-order valence-corrected chi connectivity index (χ0v) is 7.70. The van der Waals surface area contributed by atoms with Crippen LogP contribution in [0.5, 0.6) is 0 Å². The van der Waals surface area contributed by atoms with Crippen molar-refractivity contribution >= 4 is 11.9 Å². The van der Waals surface area contributed by atoms with E-state index in [4.69, 9.17) is 5.73 Å². The van der Waals surface area contributed by atoms with Crippen molar-refractivity contribution in [1.82, 2.24) is 10.8 Å². The number of rotatable bonds is 2. The Balaban J connectivity index is 2.48. The molecule has 4 N–H and O–H groups in total. The fraction of sp³-hybridized carbons (Fsp3) is 0.714. The third-order valence-electron chi connectivity index (χ3n) is 1.45. The molecular weight excluding hydrogens is 172 g/mol. The number of carbonyl (C=O) groups excluding carboxylic acids is 1. The van der Waals surface area contributed by atoms with E-state index in [9.17, 15) is 4.79 Å². The van der Waals surface area contributed by atoms with E-state index in [2.05, 4.69) is 20.6 Å². The quantitative estimate of drug-likeness (QED) is 0.370. The first-order valence-corrected chi connectivity index (χ1v) is 4.11. The number of hydrogen-bond donors (Lipinski definition) is 3. The van der Waals surface area contributed by atoms with E-state index >= 15 is 0 Å². The normalized spacial score (nSPS) is 23.5. The van der Waals surface area contributed by atoms with Crippen molar-refractivity contribution in [3.8, 4) is 0 Å². The molecule has 1 unspecified atom stereocenters. The van der Waals surface area contributed by atoms with Gasteiger partial charge in [0.25, 0.3) is 5.91 Å². The van der Waals surface area contributed by atoms with Gasteiger partial charge in [-0.25, -0.2) is 10.5 Å². The van der Waals surface area contributed by atoms with Crippen molar-refractivity contribution in [1.29, 1.82) is 0 Å². The largest absolute Gasteiger partial charge is 0.370 e. The second-order valence-electron chi connectivity index (χ2n) is 3.11. The van der Waals surface area contributed by atoms with Crippen molar-refractivity contribution in [2.24, 2.45) is 10.7 Å². The highest BCUT2D eigenvalue weighted by molar-refractivity contribution is 5.87. The maximum absolute atomic E-state index is 11.0. The molecule has 1 atom stereocenters. The molecule has 74 valence electrons. The number of nitrogens with one attached hydrogen (secondary N) is 2. The molecule has 0 radical (unpaired) electrons. The molecule has 0 aromatic rings. The number of nitrogens with two attached hydrogens (primary N) is 1. The molecule has 1 aliphatic heterocycles. The van der Waals surface area contributed by atoms with E-state index in [0.717, 1.165) is 0 Å². The van der Waals surface area contributed by atoms with Gasteiger partial charge in [0.2, 0.25) is 0 Å². The summed E-state index contributed by atoms with van der Waals surface area (Å²) in [5.74, 6) is 0.00848. The number of amides is 1. The van der Waals surface area contributed by atoms with Crippen LogP contribution < -0.4 is 16.5 Å². The average Bonchev–Trinajstić information content (AvgIpc) is 2.34. The van der Waals surface area contributed by atoms with Crippen LogP contribution in [-0.2, 0) is 9.63 Å². The summed E-state index contributed by atoms with van der Waals surface area (Å²) in [6.07, 6.45) is 0. The highest BCUT2D eigenvalue weighted by Gasteiger charge is 2.24. The van der Waals surface area contributed by atoms with Crippen LogP contribution in [0.4, 0.5) is 0 Å². The Morgan fingerprint density at radius 1 is 1.85 bits per heavy atom. The smallest absolute Gasteiger partial charge is 0.270 e. The van der Waals surface area contributed by atoms with Crippen molar-refractivity contribution in [2.45, 2.75) is 25.9 Å². The Labute approximate surface area is 76.5 Å². The monoisotopic (exact) mass is 186 g/mol. The van der Waals surface area contributed by atoms with Gasteiger partial charge in [-0.15, -0.1) is 0 Å². The van der Waals surface area contributed by atoms with Gasteiger partial charge in [0.15, 0.2) is 12.0 Å². The van der Waals surface area contributed by atoms with E-state index in [1.54, 1.807) is 0 Å². The molecule has 1 amide bonds. The van der Waals surface area contributed by atoms with Gasteiger partial charge in [0, 0.05) is 6.04 Å². The summed E-state index contributed by atoms with van der Waals surface area (Å²) in [7, 11) is 0. The van der Waals surface area contributed by atoms with E-state index in [-0.39, 0.29) is 24.5 Å². The van der Waals surface area contributed by atoms with Crippen LogP contribution in [0.2, 0.25) is 0 Å². The Kier molecular flexibility index (Phi) is 3.07. The Hall–Kier alpha value is -1.30. The van der Waals surface area contributed by atoms with E-state index in [0.29, 0.717) is 0 Å². The number of guanidine groups is 1. The van der Waals surface area contributed by atoms with Crippen LogP contribution >= 0.6 is 0 Å². The molecular formula is C7H14N4O2. The molecule has 0 saturated carbocycles. The minimum absolute atomic E-state index is 0.203. The summed E-state index contributed by atoms with van der Waals surface area (Å²) < 4.78 is 0. The topological polar surface area (TPSA) is 88.7 Å². The summed E-state index contributed by atoms with van der Waals surface area (Å²) >= 11 is 0. The maximum atomic E-state index is 11.0. The molecule has 0 aliphatic carbocycles. The summed E-state index contributed by atoms with van der Waals surface area (Å²) in [4.78, 5) is 19.6. The minimum atomic E-state index is -0.522.